The summed E-state index contributed by atoms with van der Waals surface area (Å²) in [5.41, 5.74) is 1.09. The zero-order valence-electron chi connectivity index (χ0n) is 13.9. The van der Waals surface area contributed by atoms with Gasteiger partial charge in [0, 0.05) is 37.6 Å². The lowest BCUT2D eigenvalue weighted by atomic mass is 9.97. The zero-order valence-corrected chi connectivity index (χ0v) is 14.6. The molecule has 2 aromatic rings. The van der Waals surface area contributed by atoms with Crippen molar-refractivity contribution in [2.24, 2.45) is 13.0 Å². The lowest BCUT2D eigenvalue weighted by Crippen LogP contribution is -2.39. The zero-order chi connectivity index (χ0) is 16.2. The van der Waals surface area contributed by atoms with E-state index in [2.05, 4.69) is 32.9 Å². The molecule has 1 aromatic carbocycles. The van der Waals surface area contributed by atoms with E-state index in [9.17, 15) is 0 Å². The molecule has 1 aliphatic rings. The van der Waals surface area contributed by atoms with Crippen LogP contribution in [0.25, 0.3) is 0 Å². The van der Waals surface area contributed by atoms with Gasteiger partial charge in [0.25, 0.3) is 0 Å². The standard InChI is InChI=1S/C18H25ClN4/c1-22-10-5-6-14(13-22)12-21-17(18-20-9-11-23(18)2)15-7-3-4-8-16(15)19/h3-4,7-9,11,14,17,21H,5-6,10,12-13H2,1-2H3/t14-,17+/m1/s1. The highest BCUT2D eigenvalue weighted by molar-refractivity contribution is 6.31. The Morgan fingerprint density at radius 1 is 1.35 bits per heavy atom. The van der Waals surface area contributed by atoms with E-state index in [1.165, 1.54) is 19.4 Å². The molecule has 2 heterocycles. The second kappa shape index (κ2) is 7.47. The van der Waals surface area contributed by atoms with Gasteiger partial charge in [-0.15, -0.1) is 0 Å². The third-order valence-corrected chi connectivity index (χ3v) is 5.01. The van der Waals surface area contributed by atoms with Gasteiger partial charge >= 0.3 is 0 Å². The van der Waals surface area contributed by atoms with Crippen molar-refractivity contribution in [2.75, 3.05) is 26.7 Å². The maximum absolute atomic E-state index is 6.45. The largest absolute Gasteiger partial charge is 0.336 e. The van der Waals surface area contributed by atoms with Crippen LogP contribution in [0, 0.1) is 5.92 Å². The maximum Gasteiger partial charge on any atom is 0.130 e. The quantitative estimate of drug-likeness (QED) is 0.913. The molecule has 1 aromatic heterocycles. The number of aromatic nitrogens is 2. The van der Waals surface area contributed by atoms with Crippen LogP contribution in [0.2, 0.25) is 5.02 Å². The molecule has 0 unspecified atom stereocenters. The van der Waals surface area contributed by atoms with Gasteiger partial charge in [-0.1, -0.05) is 29.8 Å². The van der Waals surface area contributed by atoms with Crippen LogP contribution in [-0.2, 0) is 7.05 Å². The number of imidazole rings is 1. The highest BCUT2D eigenvalue weighted by atomic mass is 35.5. The molecular formula is C18H25ClN4. The van der Waals surface area contributed by atoms with Gasteiger partial charge in [0.05, 0.1) is 6.04 Å². The van der Waals surface area contributed by atoms with E-state index in [1.807, 2.05) is 37.6 Å². The molecule has 1 N–H and O–H groups in total. The Kier molecular flexibility index (Phi) is 5.36. The molecule has 3 rings (SSSR count). The van der Waals surface area contributed by atoms with Crippen molar-refractivity contribution in [1.29, 1.82) is 0 Å². The maximum atomic E-state index is 6.45. The Morgan fingerprint density at radius 3 is 2.87 bits per heavy atom. The fourth-order valence-electron chi connectivity index (χ4n) is 3.43. The van der Waals surface area contributed by atoms with Gasteiger partial charge in [0.1, 0.15) is 5.82 Å². The third-order valence-electron chi connectivity index (χ3n) is 4.67. The van der Waals surface area contributed by atoms with Gasteiger partial charge in [0.15, 0.2) is 0 Å². The van der Waals surface area contributed by atoms with E-state index in [-0.39, 0.29) is 6.04 Å². The summed E-state index contributed by atoms with van der Waals surface area (Å²) in [4.78, 5) is 6.96. The summed E-state index contributed by atoms with van der Waals surface area (Å²) in [5, 5.41) is 4.50. The minimum Gasteiger partial charge on any atom is -0.336 e. The number of likely N-dealkylation sites (tertiary alicyclic amines) is 1. The van der Waals surface area contributed by atoms with Crippen LogP contribution in [0.1, 0.15) is 30.3 Å². The molecule has 124 valence electrons. The summed E-state index contributed by atoms with van der Waals surface area (Å²) in [7, 11) is 4.23. The fraction of sp³-hybridized carbons (Fsp3) is 0.500. The average Bonchev–Trinajstić information content (AvgIpc) is 2.95. The Morgan fingerprint density at radius 2 is 2.17 bits per heavy atom. The smallest absolute Gasteiger partial charge is 0.130 e. The second-order valence-corrected chi connectivity index (χ2v) is 6.94. The first-order valence-electron chi connectivity index (χ1n) is 8.28. The molecule has 0 amide bonds. The number of rotatable bonds is 5. The van der Waals surface area contributed by atoms with Crippen molar-refractivity contribution >= 4 is 11.6 Å². The van der Waals surface area contributed by atoms with Crippen molar-refractivity contribution in [2.45, 2.75) is 18.9 Å². The molecule has 0 saturated carbocycles. The van der Waals surface area contributed by atoms with E-state index >= 15 is 0 Å². The third kappa shape index (κ3) is 3.94. The number of piperidine rings is 1. The Hall–Kier alpha value is -1.36. The van der Waals surface area contributed by atoms with Crippen LogP contribution in [0.15, 0.2) is 36.7 Å². The molecule has 0 radical (unpaired) electrons. The van der Waals surface area contributed by atoms with Crippen molar-refractivity contribution in [3.8, 4) is 0 Å². The number of halogens is 1. The fourth-order valence-corrected chi connectivity index (χ4v) is 3.67. The van der Waals surface area contributed by atoms with Crippen LogP contribution in [-0.4, -0.2) is 41.1 Å². The van der Waals surface area contributed by atoms with Gasteiger partial charge in [0.2, 0.25) is 0 Å². The second-order valence-electron chi connectivity index (χ2n) is 6.53. The molecule has 0 aliphatic carbocycles. The molecule has 1 fully saturated rings. The predicted octanol–water partition coefficient (Wildman–Crippen LogP) is 3.09. The molecular weight excluding hydrogens is 308 g/mol. The van der Waals surface area contributed by atoms with Gasteiger partial charge in [-0.2, -0.15) is 0 Å². The Balaban J connectivity index is 1.79. The molecule has 1 aliphatic heterocycles. The van der Waals surface area contributed by atoms with Crippen LogP contribution < -0.4 is 5.32 Å². The first kappa shape index (κ1) is 16.5. The average molecular weight is 333 g/mol. The van der Waals surface area contributed by atoms with Gasteiger partial charge < -0.3 is 14.8 Å². The molecule has 23 heavy (non-hydrogen) atoms. The normalized spacial score (nSPS) is 20.6. The van der Waals surface area contributed by atoms with Gasteiger partial charge in [-0.05, 0) is 44.0 Å². The summed E-state index contributed by atoms with van der Waals surface area (Å²) in [5.74, 6) is 1.68. The highest BCUT2D eigenvalue weighted by Crippen LogP contribution is 2.27. The summed E-state index contributed by atoms with van der Waals surface area (Å²) < 4.78 is 2.06. The number of hydrogen-bond acceptors (Lipinski definition) is 3. The molecule has 0 bridgehead atoms. The predicted molar refractivity (Wildman–Crippen MR) is 94.7 cm³/mol. The topological polar surface area (TPSA) is 33.1 Å². The van der Waals surface area contributed by atoms with Crippen LogP contribution in [0.4, 0.5) is 0 Å². The number of nitrogens with one attached hydrogen (secondary N) is 1. The first-order chi connectivity index (χ1) is 11.1. The Labute approximate surface area is 143 Å². The highest BCUT2D eigenvalue weighted by Gasteiger charge is 2.23. The number of aryl methyl sites for hydroxylation is 1. The van der Waals surface area contributed by atoms with Crippen molar-refractivity contribution in [3.63, 3.8) is 0 Å². The van der Waals surface area contributed by atoms with E-state index < -0.39 is 0 Å². The monoisotopic (exact) mass is 332 g/mol. The van der Waals surface area contributed by atoms with E-state index in [1.54, 1.807) is 0 Å². The summed E-state index contributed by atoms with van der Waals surface area (Å²) in [6, 6.07) is 8.06. The molecule has 4 nitrogen and oxygen atoms in total. The molecule has 1 saturated heterocycles. The van der Waals surface area contributed by atoms with E-state index in [0.29, 0.717) is 5.92 Å². The number of nitrogens with zero attached hydrogens (tertiary/aromatic N) is 3. The first-order valence-corrected chi connectivity index (χ1v) is 8.66. The lowest BCUT2D eigenvalue weighted by Gasteiger charge is -2.31. The summed E-state index contributed by atoms with van der Waals surface area (Å²) >= 11 is 6.45. The molecule has 0 spiro atoms. The summed E-state index contributed by atoms with van der Waals surface area (Å²) in [6.07, 6.45) is 6.39. The minimum atomic E-state index is 0.0240. The Bertz CT molecular complexity index is 639. The van der Waals surface area contributed by atoms with Crippen molar-refractivity contribution in [3.05, 3.63) is 53.1 Å². The lowest BCUT2D eigenvalue weighted by molar-refractivity contribution is 0.204. The van der Waals surface area contributed by atoms with Gasteiger partial charge in [-0.25, -0.2) is 4.98 Å². The van der Waals surface area contributed by atoms with Gasteiger partial charge in [-0.3, -0.25) is 0 Å². The molecule has 5 heteroatoms. The number of benzene rings is 1. The van der Waals surface area contributed by atoms with E-state index in [4.69, 9.17) is 11.6 Å². The summed E-state index contributed by atoms with van der Waals surface area (Å²) in [6.45, 7) is 3.35. The van der Waals surface area contributed by atoms with Crippen molar-refractivity contribution < 1.29 is 0 Å². The SMILES string of the molecule is CN1CCC[C@H](CN[C@@H](c2ccccc2Cl)c2nccn2C)C1. The van der Waals surface area contributed by atoms with E-state index in [0.717, 1.165) is 29.5 Å². The van der Waals surface area contributed by atoms with Crippen molar-refractivity contribution in [1.82, 2.24) is 19.8 Å². The van der Waals surface area contributed by atoms with Crippen LogP contribution in [0.5, 0.6) is 0 Å². The van der Waals surface area contributed by atoms with Crippen LogP contribution in [0.3, 0.4) is 0 Å². The minimum absolute atomic E-state index is 0.0240. The molecule has 2 atom stereocenters. The van der Waals surface area contributed by atoms with Crippen LogP contribution >= 0.6 is 11.6 Å². The number of hydrogen-bond donors (Lipinski definition) is 1.